The van der Waals surface area contributed by atoms with Crippen molar-refractivity contribution in [2.24, 2.45) is 0 Å². The Hall–Kier alpha value is -0.180. The van der Waals surface area contributed by atoms with Gasteiger partial charge in [-0.2, -0.15) is 0 Å². The predicted molar refractivity (Wildman–Crippen MR) is 47.7 cm³/mol. The van der Waals surface area contributed by atoms with Crippen molar-refractivity contribution in [3.05, 3.63) is 0 Å². The molecular formula is C7H16O4P+. The van der Waals surface area contributed by atoms with Gasteiger partial charge in [-0.3, -0.25) is 18.4 Å². The van der Waals surface area contributed by atoms with Crippen LogP contribution in [0.1, 0.15) is 20.8 Å². The van der Waals surface area contributed by atoms with Crippen LogP contribution >= 0.6 is 7.60 Å². The van der Waals surface area contributed by atoms with E-state index >= 15 is 0 Å². The number of hydrogen-bond acceptors (Lipinski definition) is 3. The highest BCUT2D eigenvalue weighted by Crippen LogP contribution is 2.46. The van der Waals surface area contributed by atoms with E-state index in [1.54, 1.807) is 13.8 Å². The molecule has 0 aromatic rings. The molecule has 4 nitrogen and oxygen atoms in total. The first-order chi connectivity index (χ1) is 5.54. The van der Waals surface area contributed by atoms with E-state index in [9.17, 15) is 9.36 Å². The van der Waals surface area contributed by atoms with E-state index in [1.165, 1.54) is 6.92 Å². The molecule has 72 valence electrons. The van der Waals surface area contributed by atoms with Crippen LogP contribution in [0.5, 0.6) is 0 Å². The van der Waals surface area contributed by atoms with Gasteiger partial charge in [0.2, 0.25) is 0 Å². The summed E-state index contributed by atoms with van der Waals surface area (Å²) in [5.74, 6) is -0.118. The Bertz CT molecular complexity index is 180. The Morgan fingerprint density at radius 2 is 1.75 bits per heavy atom. The van der Waals surface area contributed by atoms with Gasteiger partial charge in [0.25, 0.3) is 0 Å². The minimum atomic E-state index is -2.88. The van der Waals surface area contributed by atoms with Gasteiger partial charge in [0.05, 0.1) is 13.2 Å². The van der Waals surface area contributed by atoms with Crippen molar-refractivity contribution in [2.75, 3.05) is 19.4 Å². The van der Waals surface area contributed by atoms with E-state index in [0.29, 0.717) is 13.2 Å². The quantitative estimate of drug-likeness (QED) is 0.479. The lowest BCUT2D eigenvalue weighted by molar-refractivity contribution is -0.114. The molecule has 0 aliphatic rings. The van der Waals surface area contributed by atoms with Crippen molar-refractivity contribution >= 4 is 13.4 Å². The van der Waals surface area contributed by atoms with Crippen LogP contribution in [0, 0.1) is 0 Å². The third kappa shape index (κ3) is 4.65. The van der Waals surface area contributed by atoms with Crippen LogP contribution in [0.3, 0.4) is 0 Å². The highest BCUT2D eigenvalue weighted by atomic mass is 31.2. The van der Waals surface area contributed by atoms with Gasteiger partial charge >= 0.3 is 7.60 Å². The molecule has 0 rings (SSSR count). The van der Waals surface area contributed by atoms with Crippen LogP contribution in [0.15, 0.2) is 0 Å². The molecule has 0 aliphatic heterocycles. The number of rotatable bonds is 6. The molecule has 0 amide bonds. The maximum Gasteiger partial charge on any atom is 0.508 e. The standard InChI is InChI=1S/C7H15O4P/c1-4-10-12(9,11-5-2)6-7(3)8/h4-6H2,1-3H3/p+1. The maximum atomic E-state index is 10.7. The summed E-state index contributed by atoms with van der Waals surface area (Å²) in [5.41, 5.74) is 0. The van der Waals surface area contributed by atoms with Crippen molar-refractivity contribution in [1.82, 2.24) is 0 Å². The first-order valence-corrected chi connectivity index (χ1v) is 5.69. The second-order valence-corrected chi connectivity index (χ2v) is 4.44. The van der Waals surface area contributed by atoms with Crippen LogP contribution in [0.25, 0.3) is 0 Å². The van der Waals surface area contributed by atoms with Crippen molar-refractivity contribution in [2.45, 2.75) is 20.8 Å². The summed E-state index contributed by atoms with van der Waals surface area (Å²) in [6.45, 7) is 5.63. The molecule has 0 heterocycles. The van der Waals surface area contributed by atoms with E-state index in [-0.39, 0.29) is 11.9 Å². The summed E-state index contributed by atoms with van der Waals surface area (Å²) in [7, 11) is -2.88. The van der Waals surface area contributed by atoms with Crippen molar-refractivity contribution in [3.63, 3.8) is 0 Å². The number of Topliss-reactive ketones (excluding diaryl/α,β-unsaturated/α-hetero) is 1. The Morgan fingerprint density at radius 3 is 2.00 bits per heavy atom. The van der Waals surface area contributed by atoms with Gasteiger partial charge in [0.15, 0.2) is 6.16 Å². The third-order valence-electron chi connectivity index (χ3n) is 1.08. The summed E-state index contributed by atoms with van der Waals surface area (Å²) < 4.78 is 19.6. The Kier molecular flexibility index (Phi) is 5.38. The second-order valence-electron chi connectivity index (χ2n) is 2.33. The minimum Gasteiger partial charge on any atom is -0.299 e. The molecular weight excluding hydrogens is 179 g/mol. The smallest absolute Gasteiger partial charge is 0.299 e. The highest BCUT2D eigenvalue weighted by Gasteiger charge is 2.33. The molecule has 5 heteroatoms. The van der Waals surface area contributed by atoms with Gasteiger partial charge in [-0.05, 0) is 20.8 Å². The van der Waals surface area contributed by atoms with Gasteiger partial charge in [0.1, 0.15) is 5.78 Å². The molecule has 0 saturated heterocycles. The average molecular weight is 195 g/mol. The van der Waals surface area contributed by atoms with Crippen LogP contribution in [0.4, 0.5) is 0 Å². The molecule has 12 heavy (non-hydrogen) atoms. The maximum absolute atomic E-state index is 10.7. The largest absolute Gasteiger partial charge is 0.508 e. The van der Waals surface area contributed by atoms with Crippen LogP contribution in [-0.4, -0.2) is 29.7 Å². The first-order valence-electron chi connectivity index (χ1n) is 3.93. The zero-order valence-corrected chi connectivity index (χ0v) is 8.63. The van der Waals surface area contributed by atoms with Gasteiger partial charge < -0.3 is 0 Å². The molecule has 0 spiro atoms. The lowest BCUT2D eigenvalue weighted by Crippen LogP contribution is -2.06. The highest BCUT2D eigenvalue weighted by molar-refractivity contribution is 7.55. The Labute approximate surface area is 72.8 Å². The Balaban J connectivity index is 4.18. The van der Waals surface area contributed by atoms with Gasteiger partial charge in [0, 0.05) is 0 Å². The Morgan fingerprint density at radius 1 is 1.33 bits per heavy atom. The van der Waals surface area contributed by atoms with E-state index < -0.39 is 7.60 Å². The molecule has 1 N–H and O–H groups in total. The van der Waals surface area contributed by atoms with Gasteiger partial charge in [-0.1, -0.05) is 0 Å². The molecule has 0 fully saturated rings. The molecule has 0 bridgehead atoms. The van der Waals surface area contributed by atoms with Gasteiger partial charge in [-0.15, -0.1) is 0 Å². The van der Waals surface area contributed by atoms with E-state index in [4.69, 9.17) is 9.05 Å². The molecule has 0 unspecified atom stereocenters. The summed E-state index contributed by atoms with van der Waals surface area (Å²) in [5, 5.41) is 0. The fourth-order valence-corrected chi connectivity index (χ4v) is 2.44. The average Bonchev–Trinajstić information content (AvgIpc) is 1.85. The summed E-state index contributed by atoms with van der Waals surface area (Å²) in [6.07, 6.45) is -0.0192. The number of carbonyl (C=O) groups excluding carboxylic acids is 1. The van der Waals surface area contributed by atoms with Gasteiger partial charge in [-0.25, -0.2) is 0 Å². The number of ketones is 1. The topological polar surface area (TPSA) is 56.9 Å². The van der Waals surface area contributed by atoms with Crippen molar-refractivity contribution in [1.29, 1.82) is 0 Å². The fourth-order valence-electron chi connectivity index (χ4n) is 0.813. The monoisotopic (exact) mass is 195 g/mol. The summed E-state index contributed by atoms with van der Waals surface area (Å²) >= 11 is 0. The van der Waals surface area contributed by atoms with Crippen LogP contribution in [-0.2, 0) is 13.8 Å². The zero-order valence-electron chi connectivity index (χ0n) is 7.74. The molecule has 0 aliphatic carbocycles. The van der Waals surface area contributed by atoms with Crippen LogP contribution in [0.2, 0.25) is 0 Å². The first kappa shape index (κ1) is 11.8. The van der Waals surface area contributed by atoms with E-state index in [0.717, 1.165) is 0 Å². The molecule has 0 radical (unpaired) electrons. The summed E-state index contributed by atoms with van der Waals surface area (Å²) in [6, 6.07) is 0. The van der Waals surface area contributed by atoms with E-state index in [1.807, 2.05) is 0 Å². The molecule has 0 aromatic heterocycles. The SMILES string of the molecule is CCOP(=[OH+])(CC(C)=O)OCC. The molecule has 0 saturated carbocycles. The zero-order chi connectivity index (χ0) is 9.61. The fraction of sp³-hybridized carbons (Fsp3) is 0.857. The van der Waals surface area contributed by atoms with E-state index in [2.05, 4.69) is 0 Å². The molecule has 0 atom stereocenters. The number of carbonyl (C=O) groups is 1. The lowest BCUT2D eigenvalue weighted by Gasteiger charge is -2.08. The molecule has 0 aromatic carbocycles. The second kappa shape index (κ2) is 5.46. The minimum absolute atomic E-state index is 0.0192. The lowest BCUT2D eigenvalue weighted by atomic mass is 10.5. The van der Waals surface area contributed by atoms with Crippen molar-refractivity contribution < 1.29 is 18.4 Å². The third-order valence-corrected chi connectivity index (χ3v) is 3.25. The summed E-state index contributed by atoms with van der Waals surface area (Å²) in [4.78, 5) is 10.7. The van der Waals surface area contributed by atoms with Crippen molar-refractivity contribution in [3.8, 4) is 0 Å². The van der Waals surface area contributed by atoms with Crippen LogP contribution < -0.4 is 0 Å². The number of hydrogen-bond donors (Lipinski definition) is 0. The predicted octanol–water partition coefficient (Wildman–Crippen LogP) is 1.78. The normalized spacial score (nSPS) is 11.6.